The van der Waals surface area contributed by atoms with E-state index in [1.807, 2.05) is 32.9 Å². The van der Waals surface area contributed by atoms with E-state index in [1.54, 1.807) is 32.2 Å². The standard InChI is InChI=1S/C37H52ClN3O10/c1-9-49-14-13-31(42)40(5)23(3)34(44)51-30-19-32(43)41(6)27-16-24(17-28(47-7)33(27)38)15-22(2)11-10-12-29(48-8)37(46)21-26(50-35(45)39-37)18-25-20-36(25,30)4/h10-12,16-17,23,25-26,29-30,46H,9,13-15,18-21H2,1-8H3,(H,39,45)/b12-10+,22-11+/t23-,25?,26-,29-,30+,36-,37+/m1/s1. The number of nitrogens with one attached hydrogen (secondary N) is 1. The Balaban J connectivity index is 1.71. The van der Waals surface area contributed by atoms with E-state index >= 15 is 0 Å². The number of esters is 1. The Labute approximate surface area is 305 Å². The molecule has 0 radical (unpaired) electrons. The minimum absolute atomic E-state index is 0.0405. The van der Waals surface area contributed by atoms with Gasteiger partial charge in [-0.3, -0.25) is 14.9 Å². The number of carbonyl (C=O) groups is 4. The van der Waals surface area contributed by atoms with E-state index in [2.05, 4.69) is 5.32 Å². The topological polar surface area (TPSA) is 153 Å². The van der Waals surface area contributed by atoms with Gasteiger partial charge >= 0.3 is 12.1 Å². The lowest BCUT2D eigenvalue weighted by atomic mass is 9.89. The number of anilines is 1. The molecule has 4 bridgehead atoms. The molecule has 2 fully saturated rings. The van der Waals surface area contributed by atoms with Gasteiger partial charge in [-0.05, 0) is 63.6 Å². The van der Waals surface area contributed by atoms with Crippen LogP contribution in [-0.4, -0.2) is 105 Å². The van der Waals surface area contributed by atoms with Crippen molar-refractivity contribution < 1.29 is 48.0 Å². The van der Waals surface area contributed by atoms with Gasteiger partial charge in [0.15, 0.2) is 5.72 Å². The first-order valence-corrected chi connectivity index (χ1v) is 17.7. The lowest BCUT2D eigenvalue weighted by Crippen LogP contribution is -2.62. The Kier molecular flexibility index (Phi) is 13.2. The van der Waals surface area contributed by atoms with Crippen LogP contribution in [0, 0.1) is 11.3 Å². The van der Waals surface area contributed by atoms with Crippen LogP contribution in [0.1, 0.15) is 65.4 Å². The number of amides is 3. The van der Waals surface area contributed by atoms with Gasteiger partial charge in [-0.2, -0.15) is 0 Å². The van der Waals surface area contributed by atoms with E-state index in [-0.39, 0.29) is 48.6 Å². The smallest absolute Gasteiger partial charge is 0.409 e. The van der Waals surface area contributed by atoms with Crippen molar-refractivity contribution in [2.75, 3.05) is 46.4 Å². The zero-order chi connectivity index (χ0) is 37.7. The molecule has 1 saturated heterocycles. The summed E-state index contributed by atoms with van der Waals surface area (Å²) in [7, 11) is 6.09. The van der Waals surface area contributed by atoms with Crippen molar-refractivity contribution in [2.24, 2.45) is 11.3 Å². The van der Waals surface area contributed by atoms with Crippen LogP contribution >= 0.6 is 11.6 Å². The average molecular weight is 734 g/mol. The van der Waals surface area contributed by atoms with Crippen molar-refractivity contribution in [1.82, 2.24) is 10.2 Å². The molecule has 2 heterocycles. The van der Waals surface area contributed by atoms with Gasteiger partial charge < -0.3 is 38.6 Å². The van der Waals surface area contributed by atoms with Crippen molar-refractivity contribution in [1.29, 1.82) is 0 Å². The normalized spacial score (nSPS) is 30.5. The SMILES string of the molecule is CCOCCC(=O)N(C)[C@H](C)C(=O)O[C@H]1CC(=O)N(C)c2cc(cc(OC)c2Cl)C/C(C)=C/C=C/[C@@H](OC)[C@@]2(O)C[C@@H](CC3C[C@]31C)OC(=O)N2. The number of hydrogen-bond donors (Lipinski definition) is 2. The summed E-state index contributed by atoms with van der Waals surface area (Å²) < 4.78 is 28.2. The molecule has 7 atom stereocenters. The highest BCUT2D eigenvalue weighted by atomic mass is 35.5. The third kappa shape index (κ3) is 9.43. The first kappa shape index (κ1) is 40.1. The highest BCUT2D eigenvalue weighted by Gasteiger charge is 2.59. The summed E-state index contributed by atoms with van der Waals surface area (Å²) in [6.45, 7) is 7.97. The number of fused-ring (bicyclic) bond motifs is 5. The Morgan fingerprint density at radius 3 is 2.63 bits per heavy atom. The van der Waals surface area contributed by atoms with Crippen molar-refractivity contribution in [3.63, 3.8) is 0 Å². The van der Waals surface area contributed by atoms with Crippen LogP contribution < -0.4 is 15.0 Å². The molecule has 51 heavy (non-hydrogen) atoms. The third-order valence-corrected chi connectivity index (χ3v) is 10.8. The summed E-state index contributed by atoms with van der Waals surface area (Å²) in [4.78, 5) is 56.0. The van der Waals surface area contributed by atoms with Gasteiger partial charge in [0.2, 0.25) is 11.8 Å². The van der Waals surface area contributed by atoms with Crippen LogP contribution in [0.5, 0.6) is 5.75 Å². The monoisotopic (exact) mass is 733 g/mol. The summed E-state index contributed by atoms with van der Waals surface area (Å²) in [5, 5.41) is 14.4. The van der Waals surface area contributed by atoms with E-state index in [0.717, 1.165) is 11.1 Å². The van der Waals surface area contributed by atoms with Gasteiger partial charge in [0, 0.05) is 39.6 Å². The summed E-state index contributed by atoms with van der Waals surface area (Å²) in [5.74, 6) is -1.03. The van der Waals surface area contributed by atoms with E-state index < -0.39 is 47.6 Å². The predicted molar refractivity (Wildman–Crippen MR) is 190 cm³/mol. The summed E-state index contributed by atoms with van der Waals surface area (Å²) in [5.41, 5.74) is -0.234. The molecule has 2 aliphatic heterocycles. The molecule has 0 spiro atoms. The number of ether oxygens (including phenoxy) is 5. The van der Waals surface area contributed by atoms with Gasteiger partial charge in [0.25, 0.3) is 0 Å². The second-order valence-electron chi connectivity index (χ2n) is 14.0. The van der Waals surface area contributed by atoms with Crippen LogP contribution in [0.15, 0.2) is 35.9 Å². The van der Waals surface area contributed by atoms with E-state index in [1.165, 1.54) is 31.1 Å². The van der Waals surface area contributed by atoms with Crippen LogP contribution in [-0.2, 0) is 39.8 Å². The molecule has 13 nitrogen and oxygen atoms in total. The van der Waals surface area contributed by atoms with Crippen LogP contribution in [0.25, 0.3) is 0 Å². The van der Waals surface area contributed by atoms with Crippen LogP contribution in [0.3, 0.4) is 0 Å². The number of likely N-dealkylation sites (N-methyl/N-ethyl adjacent to an activating group) is 1. The van der Waals surface area contributed by atoms with Crippen LogP contribution in [0.4, 0.5) is 10.5 Å². The van der Waals surface area contributed by atoms with E-state index in [4.69, 9.17) is 35.3 Å². The maximum Gasteiger partial charge on any atom is 0.409 e. The van der Waals surface area contributed by atoms with Gasteiger partial charge in [-0.1, -0.05) is 42.3 Å². The molecule has 1 saturated carbocycles. The number of carbonyl (C=O) groups excluding carboxylic acids is 4. The number of rotatable bonds is 9. The molecule has 1 aliphatic carbocycles. The fourth-order valence-corrected chi connectivity index (χ4v) is 7.17. The molecule has 2 N–H and O–H groups in total. The number of nitrogens with zero attached hydrogens (tertiary/aromatic N) is 2. The van der Waals surface area contributed by atoms with Crippen molar-refractivity contribution >= 4 is 41.2 Å². The zero-order valence-corrected chi connectivity index (χ0v) is 31.6. The largest absolute Gasteiger partial charge is 0.495 e. The molecule has 282 valence electrons. The Morgan fingerprint density at radius 2 is 1.96 bits per heavy atom. The Bertz CT molecular complexity index is 1530. The van der Waals surface area contributed by atoms with Crippen molar-refractivity contribution in [3.05, 3.63) is 46.5 Å². The fraction of sp³-hybridized carbons (Fsp3) is 0.622. The number of halogens is 1. The molecule has 3 aliphatic rings. The first-order chi connectivity index (χ1) is 24.1. The number of methoxy groups -OCH3 is 2. The summed E-state index contributed by atoms with van der Waals surface area (Å²) in [6, 6.07) is 2.69. The number of aliphatic hydroxyl groups is 1. The maximum absolute atomic E-state index is 14.1. The first-order valence-electron chi connectivity index (χ1n) is 17.3. The number of alkyl carbamates (subject to hydrolysis) is 1. The van der Waals surface area contributed by atoms with Gasteiger partial charge in [0.05, 0.1) is 32.2 Å². The minimum atomic E-state index is -1.75. The molecule has 14 heteroatoms. The minimum Gasteiger partial charge on any atom is -0.495 e. The molecule has 0 aromatic heterocycles. The number of hydrogen-bond acceptors (Lipinski definition) is 10. The fourth-order valence-electron chi connectivity index (χ4n) is 6.85. The highest BCUT2D eigenvalue weighted by molar-refractivity contribution is 6.35. The van der Waals surface area contributed by atoms with Crippen molar-refractivity contribution in [2.45, 2.75) is 96.3 Å². The zero-order valence-electron chi connectivity index (χ0n) is 30.8. The molecule has 4 rings (SSSR count). The number of benzene rings is 1. The molecule has 3 amide bonds. The lowest BCUT2D eigenvalue weighted by Gasteiger charge is -2.40. The second kappa shape index (κ2) is 16.8. The Morgan fingerprint density at radius 1 is 1.24 bits per heavy atom. The van der Waals surface area contributed by atoms with Crippen molar-refractivity contribution in [3.8, 4) is 5.75 Å². The van der Waals surface area contributed by atoms with E-state index in [9.17, 15) is 24.3 Å². The second-order valence-corrected chi connectivity index (χ2v) is 14.4. The molecular formula is C37H52ClN3O10. The van der Waals surface area contributed by atoms with E-state index in [0.29, 0.717) is 37.3 Å². The van der Waals surface area contributed by atoms with Gasteiger partial charge in [-0.25, -0.2) is 9.59 Å². The molecular weight excluding hydrogens is 682 g/mol. The highest BCUT2D eigenvalue weighted by Crippen LogP contribution is 2.59. The Hall–Kier alpha value is -3.65. The van der Waals surface area contributed by atoms with Gasteiger partial charge in [0.1, 0.15) is 35.1 Å². The molecule has 1 aromatic rings. The average Bonchev–Trinajstić information content (AvgIpc) is 3.74. The summed E-state index contributed by atoms with van der Waals surface area (Å²) in [6.07, 6.45) is 3.41. The quantitative estimate of drug-likeness (QED) is 0.273. The third-order valence-electron chi connectivity index (χ3n) is 10.4. The van der Waals surface area contributed by atoms with Crippen LogP contribution in [0.2, 0.25) is 5.02 Å². The predicted octanol–water partition coefficient (Wildman–Crippen LogP) is 4.56. The molecule has 1 aromatic carbocycles. The van der Waals surface area contributed by atoms with Gasteiger partial charge in [-0.15, -0.1) is 0 Å². The number of allylic oxidation sites excluding steroid dienone is 3. The molecule has 1 unspecified atom stereocenters. The maximum atomic E-state index is 14.1. The lowest BCUT2D eigenvalue weighted by molar-refractivity contribution is -0.162. The summed E-state index contributed by atoms with van der Waals surface area (Å²) >= 11 is 6.75.